The summed E-state index contributed by atoms with van der Waals surface area (Å²) in [5.74, 6) is -1.03. The summed E-state index contributed by atoms with van der Waals surface area (Å²) in [6, 6.07) is 1.55. The van der Waals surface area contributed by atoms with Gasteiger partial charge in [0.1, 0.15) is 6.61 Å². The van der Waals surface area contributed by atoms with Crippen molar-refractivity contribution < 1.29 is 14.7 Å². The molecule has 2 amide bonds. The second kappa shape index (κ2) is 8.29. The van der Waals surface area contributed by atoms with Crippen LogP contribution in [-0.2, 0) is 23.1 Å². The van der Waals surface area contributed by atoms with E-state index >= 15 is 0 Å². The lowest BCUT2D eigenvalue weighted by atomic mass is 9.96. The average Bonchev–Trinajstić information content (AvgIpc) is 2.84. The normalized spacial score (nSPS) is 16.3. The topological polar surface area (TPSA) is 83.4 Å². The SMILES string of the molecule is CC.C[C@@H]1C(=O)NCCc2c1c1c(NC(=O)CO)cc(Cl)c(Cl)c1n2C. The van der Waals surface area contributed by atoms with E-state index in [1.54, 1.807) is 6.07 Å². The third-order valence-electron chi connectivity index (χ3n) is 4.42. The summed E-state index contributed by atoms with van der Waals surface area (Å²) in [6.45, 7) is 5.70. The van der Waals surface area contributed by atoms with Gasteiger partial charge in [0.05, 0.1) is 27.2 Å². The van der Waals surface area contributed by atoms with E-state index in [0.717, 1.165) is 11.3 Å². The first-order valence-electron chi connectivity index (χ1n) is 8.54. The molecule has 1 aliphatic rings. The molecule has 0 unspecified atom stereocenters. The minimum atomic E-state index is -0.646. The molecule has 8 heteroatoms. The minimum absolute atomic E-state index is 0.0771. The van der Waals surface area contributed by atoms with Crippen molar-refractivity contribution >= 4 is 51.6 Å². The molecule has 26 heavy (non-hydrogen) atoms. The third-order valence-corrected chi connectivity index (χ3v) is 5.20. The molecule has 3 N–H and O–H groups in total. The molecule has 0 radical (unpaired) electrons. The lowest BCUT2D eigenvalue weighted by Crippen LogP contribution is -2.27. The van der Waals surface area contributed by atoms with E-state index in [0.29, 0.717) is 39.6 Å². The van der Waals surface area contributed by atoms with Gasteiger partial charge in [-0.05, 0) is 18.6 Å². The van der Waals surface area contributed by atoms with Gasteiger partial charge in [-0.2, -0.15) is 0 Å². The number of nitrogens with zero attached hydrogens (tertiary/aromatic N) is 1. The molecular weight excluding hydrogens is 377 g/mol. The van der Waals surface area contributed by atoms with Crippen LogP contribution in [0.15, 0.2) is 6.07 Å². The number of amides is 2. The van der Waals surface area contributed by atoms with Crippen LogP contribution in [0.2, 0.25) is 10.0 Å². The highest BCUT2D eigenvalue weighted by Crippen LogP contribution is 2.43. The fraction of sp³-hybridized carbons (Fsp3) is 0.444. The van der Waals surface area contributed by atoms with Crippen LogP contribution < -0.4 is 10.6 Å². The Morgan fingerprint density at radius 3 is 2.69 bits per heavy atom. The fourth-order valence-electron chi connectivity index (χ4n) is 3.31. The molecule has 1 aliphatic heterocycles. The van der Waals surface area contributed by atoms with Crippen LogP contribution >= 0.6 is 23.2 Å². The van der Waals surface area contributed by atoms with Crippen molar-refractivity contribution in [1.29, 1.82) is 0 Å². The number of hydrogen-bond donors (Lipinski definition) is 3. The highest BCUT2D eigenvalue weighted by atomic mass is 35.5. The van der Waals surface area contributed by atoms with E-state index in [-0.39, 0.29) is 5.91 Å². The number of aliphatic hydroxyl groups excluding tert-OH is 1. The molecular formula is C18H23Cl2N3O3. The second-order valence-corrected chi connectivity index (χ2v) is 6.62. The van der Waals surface area contributed by atoms with Gasteiger partial charge in [0.25, 0.3) is 0 Å². The van der Waals surface area contributed by atoms with Crippen LogP contribution in [0.4, 0.5) is 5.69 Å². The Kier molecular flexibility index (Phi) is 6.55. The van der Waals surface area contributed by atoms with Crippen LogP contribution in [0, 0.1) is 0 Å². The van der Waals surface area contributed by atoms with Gasteiger partial charge >= 0.3 is 0 Å². The van der Waals surface area contributed by atoms with Crippen molar-refractivity contribution in [3.63, 3.8) is 0 Å². The third kappa shape index (κ3) is 3.41. The maximum Gasteiger partial charge on any atom is 0.250 e. The highest BCUT2D eigenvalue weighted by Gasteiger charge is 2.30. The van der Waals surface area contributed by atoms with Crippen molar-refractivity contribution in [2.24, 2.45) is 7.05 Å². The molecule has 6 nitrogen and oxygen atoms in total. The quantitative estimate of drug-likeness (QED) is 0.724. The Morgan fingerprint density at radius 2 is 2.08 bits per heavy atom. The van der Waals surface area contributed by atoms with Crippen molar-refractivity contribution in [3.05, 3.63) is 27.4 Å². The Morgan fingerprint density at radius 1 is 1.42 bits per heavy atom. The zero-order valence-corrected chi connectivity index (χ0v) is 16.8. The smallest absolute Gasteiger partial charge is 0.250 e. The molecule has 3 rings (SSSR count). The lowest BCUT2D eigenvalue weighted by Gasteiger charge is -2.13. The maximum absolute atomic E-state index is 12.3. The van der Waals surface area contributed by atoms with E-state index in [1.807, 2.05) is 32.4 Å². The molecule has 2 heterocycles. The monoisotopic (exact) mass is 399 g/mol. The molecule has 142 valence electrons. The number of hydrogen-bond acceptors (Lipinski definition) is 3. The van der Waals surface area contributed by atoms with E-state index in [1.165, 1.54) is 0 Å². The number of aliphatic hydroxyl groups is 1. The van der Waals surface area contributed by atoms with Crippen LogP contribution in [-0.4, -0.2) is 34.6 Å². The molecule has 1 aromatic heterocycles. The second-order valence-electron chi connectivity index (χ2n) is 5.83. The molecule has 0 spiro atoms. The number of aromatic nitrogens is 1. The number of fused-ring (bicyclic) bond motifs is 3. The summed E-state index contributed by atoms with van der Waals surface area (Å²) in [5.41, 5.74) is 2.91. The van der Waals surface area contributed by atoms with Gasteiger partial charge in [-0.15, -0.1) is 0 Å². The lowest BCUT2D eigenvalue weighted by molar-refractivity contribution is -0.122. The first-order valence-corrected chi connectivity index (χ1v) is 9.30. The number of anilines is 1. The molecule has 0 aliphatic carbocycles. The Hall–Kier alpha value is -1.76. The van der Waals surface area contributed by atoms with Crippen LogP contribution in [0.5, 0.6) is 0 Å². The van der Waals surface area contributed by atoms with Gasteiger partial charge < -0.3 is 20.3 Å². The molecule has 0 saturated carbocycles. The molecule has 1 aromatic carbocycles. The average molecular weight is 400 g/mol. The molecule has 1 atom stereocenters. The Labute approximate surface area is 162 Å². The molecule has 0 fully saturated rings. The van der Waals surface area contributed by atoms with Crippen molar-refractivity contribution in [2.75, 3.05) is 18.5 Å². The molecule has 0 bridgehead atoms. The van der Waals surface area contributed by atoms with Crippen LogP contribution in [0.25, 0.3) is 10.9 Å². The van der Waals surface area contributed by atoms with Gasteiger partial charge in [-0.3, -0.25) is 9.59 Å². The first-order chi connectivity index (χ1) is 12.4. The van der Waals surface area contributed by atoms with E-state index in [9.17, 15) is 9.59 Å². The zero-order chi connectivity index (χ0) is 19.6. The minimum Gasteiger partial charge on any atom is -0.387 e. The Balaban J connectivity index is 0.00000117. The van der Waals surface area contributed by atoms with Gasteiger partial charge in [-0.1, -0.05) is 37.0 Å². The van der Waals surface area contributed by atoms with E-state index in [2.05, 4.69) is 10.6 Å². The fourth-order valence-corrected chi connectivity index (χ4v) is 3.78. The number of benzene rings is 1. The summed E-state index contributed by atoms with van der Waals surface area (Å²) in [4.78, 5) is 24.0. The number of nitrogens with one attached hydrogen (secondary N) is 2. The molecule has 0 saturated heterocycles. The summed E-state index contributed by atoms with van der Waals surface area (Å²) in [5, 5.41) is 15.9. The van der Waals surface area contributed by atoms with Gasteiger partial charge in [0, 0.05) is 31.1 Å². The maximum atomic E-state index is 12.3. The highest BCUT2D eigenvalue weighted by molar-refractivity contribution is 6.46. The first kappa shape index (κ1) is 20.6. The standard InChI is InChI=1S/C16H17Cl2N3O3.C2H6/c1-7-12-10(3-4-19-16(7)24)21(2)15-13(12)9(20-11(23)6-22)5-8(17)14(15)18;1-2/h5,7,22H,3-4,6H2,1-2H3,(H,19,24)(H,20,23);1-2H3/t7-;/m0./s1. The number of carbonyl (C=O) groups excluding carboxylic acids is 2. The van der Waals surface area contributed by atoms with Crippen LogP contribution in [0.1, 0.15) is 37.9 Å². The van der Waals surface area contributed by atoms with Crippen molar-refractivity contribution in [2.45, 2.75) is 33.1 Å². The zero-order valence-electron chi connectivity index (χ0n) is 15.2. The summed E-state index contributed by atoms with van der Waals surface area (Å²) >= 11 is 12.6. The predicted octanol–water partition coefficient (Wildman–Crippen LogP) is 3.22. The van der Waals surface area contributed by atoms with E-state index < -0.39 is 18.4 Å². The van der Waals surface area contributed by atoms with Gasteiger partial charge in [0.15, 0.2) is 0 Å². The number of rotatable bonds is 2. The number of aryl methyl sites for hydroxylation is 1. The van der Waals surface area contributed by atoms with Gasteiger partial charge in [-0.25, -0.2) is 0 Å². The van der Waals surface area contributed by atoms with Gasteiger partial charge in [0.2, 0.25) is 11.8 Å². The van der Waals surface area contributed by atoms with Crippen molar-refractivity contribution in [1.82, 2.24) is 9.88 Å². The Bertz CT molecular complexity index is 861. The summed E-state index contributed by atoms with van der Waals surface area (Å²) in [7, 11) is 1.86. The number of carbonyl (C=O) groups is 2. The van der Waals surface area contributed by atoms with E-state index in [4.69, 9.17) is 28.3 Å². The summed E-state index contributed by atoms with van der Waals surface area (Å²) < 4.78 is 1.92. The largest absolute Gasteiger partial charge is 0.387 e. The predicted molar refractivity (Wildman–Crippen MR) is 105 cm³/mol. The van der Waals surface area contributed by atoms with Crippen LogP contribution in [0.3, 0.4) is 0 Å². The summed E-state index contributed by atoms with van der Waals surface area (Å²) in [6.07, 6.45) is 0.651. The number of halogens is 2. The van der Waals surface area contributed by atoms with Crippen molar-refractivity contribution in [3.8, 4) is 0 Å². The molecule has 2 aromatic rings.